The molecule has 4 rings (SSSR count). The van der Waals surface area contributed by atoms with Crippen LogP contribution < -0.4 is 0 Å². The number of thiazole rings is 1. The van der Waals surface area contributed by atoms with E-state index in [-0.39, 0.29) is 0 Å². The van der Waals surface area contributed by atoms with E-state index < -0.39 is 0 Å². The summed E-state index contributed by atoms with van der Waals surface area (Å²) in [4.78, 5) is 7.27. The number of nitrogens with zero attached hydrogens (tertiary/aromatic N) is 2. The molecule has 3 aromatic rings. The average molecular weight is 310 g/mol. The predicted molar refractivity (Wildman–Crippen MR) is 88.6 cm³/mol. The lowest BCUT2D eigenvalue weighted by atomic mass is 10.0. The van der Waals surface area contributed by atoms with Gasteiger partial charge in [-0.25, -0.2) is 4.98 Å². The highest BCUT2D eigenvalue weighted by atomic mass is 32.1. The van der Waals surface area contributed by atoms with Crippen LogP contribution in [0.5, 0.6) is 0 Å². The zero-order chi connectivity index (χ0) is 14.8. The topological polar surface area (TPSA) is 29.3 Å². The first-order valence-electron chi connectivity index (χ1n) is 7.67. The molecule has 4 heteroatoms. The Morgan fingerprint density at radius 1 is 1.18 bits per heavy atom. The highest BCUT2D eigenvalue weighted by Crippen LogP contribution is 2.33. The van der Waals surface area contributed by atoms with Crippen molar-refractivity contribution in [2.75, 3.05) is 6.54 Å². The summed E-state index contributed by atoms with van der Waals surface area (Å²) in [5.41, 5.74) is 2.56. The van der Waals surface area contributed by atoms with Gasteiger partial charge in [0.2, 0.25) is 0 Å². The summed E-state index contributed by atoms with van der Waals surface area (Å²) in [6, 6.07) is 15.2. The Morgan fingerprint density at radius 2 is 2.09 bits per heavy atom. The molecule has 3 nitrogen and oxygen atoms in total. The van der Waals surface area contributed by atoms with E-state index in [4.69, 9.17) is 9.40 Å². The number of furan rings is 1. The SMILES string of the molecule is c1ccc([C@@H]2CCCN2Cc2csc(-c3ccco3)n2)cc1. The van der Waals surface area contributed by atoms with Crippen molar-refractivity contribution in [1.29, 1.82) is 0 Å². The molecule has 2 aromatic heterocycles. The number of aromatic nitrogens is 1. The van der Waals surface area contributed by atoms with E-state index in [2.05, 4.69) is 40.6 Å². The van der Waals surface area contributed by atoms with E-state index in [9.17, 15) is 0 Å². The summed E-state index contributed by atoms with van der Waals surface area (Å²) in [6.45, 7) is 2.06. The molecule has 0 N–H and O–H groups in total. The maximum absolute atomic E-state index is 5.43. The molecule has 0 saturated carbocycles. The van der Waals surface area contributed by atoms with Crippen LogP contribution in [0.3, 0.4) is 0 Å². The molecular formula is C18H18N2OS. The van der Waals surface area contributed by atoms with Gasteiger partial charge in [-0.05, 0) is 37.1 Å². The molecule has 1 fully saturated rings. The molecule has 1 aliphatic heterocycles. The van der Waals surface area contributed by atoms with Gasteiger partial charge in [0.1, 0.15) is 0 Å². The van der Waals surface area contributed by atoms with E-state index >= 15 is 0 Å². The second-order valence-corrected chi connectivity index (χ2v) is 6.52. The molecule has 0 aliphatic carbocycles. The van der Waals surface area contributed by atoms with Gasteiger partial charge in [-0.2, -0.15) is 0 Å². The molecule has 112 valence electrons. The van der Waals surface area contributed by atoms with Gasteiger partial charge in [0.05, 0.1) is 12.0 Å². The summed E-state index contributed by atoms with van der Waals surface area (Å²) >= 11 is 1.66. The van der Waals surface area contributed by atoms with Crippen LogP contribution >= 0.6 is 11.3 Å². The molecule has 1 atom stereocenters. The summed E-state index contributed by atoms with van der Waals surface area (Å²) in [5.74, 6) is 0.859. The molecule has 1 aromatic carbocycles. The smallest absolute Gasteiger partial charge is 0.162 e. The first-order chi connectivity index (χ1) is 10.9. The van der Waals surface area contributed by atoms with Crippen LogP contribution in [0.1, 0.15) is 30.1 Å². The van der Waals surface area contributed by atoms with E-state index in [1.54, 1.807) is 17.6 Å². The lowest BCUT2D eigenvalue weighted by molar-refractivity contribution is 0.246. The van der Waals surface area contributed by atoms with Crippen LogP contribution in [0.25, 0.3) is 10.8 Å². The molecule has 1 aliphatic rings. The van der Waals surface area contributed by atoms with Crippen LogP contribution in [-0.4, -0.2) is 16.4 Å². The first-order valence-corrected chi connectivity index (χ1v) is 8.55. The fourth-order valence-electron chi connectivity index (χ4n) is 3.17. The van der Waals surface area contributed by atoms with Gasteiger partial charge in [0.15, 0.2) is 10.8 Å². The van der Waals surface area contributed by atoms with Crippen molar-refractivity contribution in [3.05, 3.63) is 65.4 Å². The molecule has 1 saturated heterocycles. The number of benzene rings is 1. The van der Waals surface area contributed by atoms with Crippen molar-refractivity contribution in [2.45, 2.75) is 25.4 Å². The third kappa shape index (κ3) is 2.72. The third-order valence-corrected chi connectivity index (χ3v) is 5.10. The monoisotopic (exact) mass is 310 g/mol. The Balaban J connectivity index is 1.51. The number of likely N-dealkylation sites (tertiary alicyclic amines) is 1. The molecule has 0 spiro atoms. The summed E-state index contributed by atoms with van der Waals surface area (Å²) < 4.78 is 5.43. The number of hydrogen-bond acceptors (Lipinski definition) is 4. The van der Waals surface area contributed by atoms with Crippen molar-refractivity contribution in [2.24, 2.45) is 0 Å². The van der Waals surface area contributed by atoms with Crippen molar-refractivity contribution >= 4 is 11.3 Å². The van der Waals surface area contributed by atoms with Crippen LogP contribution in [-0.2, 0) is 6.54 Å². The van der Waals surface area contributed by atoms with Crippen molar-refractivity contribution in [3.63, 3.8) is 0 Å². The second-order valence-electron chi connectivity index (χ2n) is 5.66. The zero-order valence-corrected chi connectivity index (χ0v) is 13.1. The normalized spacial score (nSPS) is 18.8. The maximum atomic E-state index is 5.43. The van der Waals surface area contributed by atoms with Gasteiger partial charge in [-0.3, -0.25) is 4.90 Å². The largest absolute Gasteiger partial charge is 0.462 e. The van der Waals surface area contributed by atoms with Gasteiger partial charge in [0, 0.05) is 18.0 Å². The second kappa shape index (κ2) is 6.07. The minimum atomic E-state index is 0.523. The van der Waals surface area contributed by atoms with Crippen LogP contribution in [0.4, 0.5) is 0 Å². The number of rotatable bonds is 4. The molecule has 0 bridgehead atoms. The Kier molecular flexibility index (Phi) is 3.79. The van der Waals surface area contributed by atoms with Gasteiger partial charge < -0.3 is 4.42 Å². The van der Waals surface area contributed by atoms with Gasteiger partial charge in [-0.1, -0.05) is 30.3 Å². The van der Waals surface area contributed by atoms with Gasteiger partial charge in [0.25, 0.3) is 0 Å². The minimum Gasteiger partial charge on any atom is -0.462 e. The van der Waals surface area contributed by atoms with Gasteiger partial charge in [-0.15, -0.1) is 11.3 Å². The molecule has 22 heavy (non-hydrogen) atoms. The van der Waals surface area contributed by atoms with Crippen molar-refractivity contribution < 1.29 is 4.42 Å². The van der Waals surface area contributed by atoms with Crippen LogP contribution in [0, 0.1) is 0 Å². The van der Waals surface area contributed by atoms with Gasteiger partial charge >= 0.3 is 0 Å². The van der Waals surface area contributed by atoms with Crippen molar-refractivity contribution in [1.82, 2.24) is 9.88 Å². The lowest BCUT2D eigenvalue weighted by Gasteiger charge is -2.23. The molecule has 0 radical (unpaired) electrons. The van der Waals surface area contributed by atoms with Crippen LogP contribution in [0.2, 0.25) is 0 Å². The highest BCUT2D eigenvalue weighted by Gasteiger charge is 2.26. The summed E-state index contributed by atoms with van der Waals surface area (Å²) in [5, 5.41) is 3.12. The highest BCUT2D eigenvalue weighted by molar-refractivity contribution is 7.13. The summed E-state index contributed by atoms with van der Waals surface area (Å²) in [6.07, 6.45) is 4.19. The fraction of sp³-hybridized carbons (Fsp3) is 0.278. The number of hydrogen-bond donors (Lipinski definition) is 0. The zero-order valence-electron chi connectivity index (χ0n) is 12.3. The minimum absolute atomic E-state index is 0.523. The van der Waals surface area contributed by atoms with E-state index in [1.165, 1.54) is 18.4 Å². The first kappa shape index (κ1) is 13.7. The Labute approximate surface area is 134 Å². The molecule has 0 unspecified atom stereocenters. The van der Waals surface area contributed by atoms with E-state index in [1.807, 2.05) is 12.1 Å². The Hall–Kier alpha value is -1.91. The van der Waals surface area contributed by atoms with E-state index in [0.29, 0.717) is 6.04 Å². The Bertz CT molecular complexity index is 721. The lowest BCUT2D eigenvalue weighted by Crippen LogP contribution is -2.22. The predicted octanol–water partition coefficient (Wildman–Crippen LogP) is 4.74. The third-order valence-electron chi connectivity index (χ3n) is 4.20. The fourth-order valence-corrected chi connectivity index (χ4v) is 3.95. The standard InChI is InChI=1S/C18H18N2OS/c1-2-6-14(7-3-1)16-8-4-10-20(16)12-15-13-22-18(19-15)17-9-5-11-21-17/h1-3,5-7,9,11,13,16H,4,8,10,12H2/t16-/m0/s1. The maximum Gasteiger partial charge on any atom is 0.162 e. The van der Waals surface area contributed by atoms with E-state index in [0.717, 1.165) is 29.6 Å². The quantitative estimate of drug-likeness (QED) is 0.697. The molecular weight excluding hydrogens is 292 g/mol. The van der Waals surface area contributed by atoms with Crippen molar-refractivity contribution in [3.8, 4) is 10.8 Å². The molecule has 3 heterocycles. The average Bonchev–Trinajstić information content (AvgIpc) is 3.30. The molecule has 0 amide bonds. The summed E-state index contributed by atoms with van der Waals surface area (Å²) in [7, 11) is 0. The Morgan fingerprint density at radius 3 is 2.91 bits per heavy atom. The van der Waals surface area contributed by atoms with Crippen LogP contribution in [0.15, 0.2) is 58.5 Å².